The van der Waals surface area contributed by atoms with Crippen LogP contribution in [0.25, 0.3) is 22.3 Å². The first-order valence-electron chi connectivity index (χ1n) is 12.3. The number of nitrogens with zero attached hydrogens (tertiary/aromatic N) is 4. The Labute approximate surface area is 206 Å². The number of aromatic nitrogens is 4. The summed E-state index contributed by atoms with van der Waals surface area (Å²) in [5, 5.41) is 9.10. The topological polar surface area (TPSA) is 66.1 Å². The maximum absolute atomic E-state index is 6.10. The molecule has 7 heteroatoms. The predicted octanol–water partition coefficient (Wildman–Crippen LogP) is 6.54. The minimum absolute atomic E-state index is 0.0892. The van der Waals surface area contributed by atoms with Crippen molar-refractivity contribution in [2.45, 2.75) is 58.6 Å². The van der Waals surface area contributed by atoms with Crippen LogP contribution in [0.1, 0.15) is 58.1 Å². The Hall–Kier alpha value is -3.74. The Morgan fingerprint density at radius 1 is 0.914 bits per heavy atom. The Morgan fingerprint density at radius 2 is 1.71 bits per heavy atom. The van der Waals surface area contributed by atoms with Crippen molar-refractivity contribution in [1.29, 1.82) is 0 Å². The zero-order chi connectivity index (χ0) is 24.5. The van der Waals surface area contributed by atoms with E-state index < -0.39 is 0 Å². The van der Waals surface area contributed by atoms with E-state index in [0.717, 1.165) is 39.4 Å². The number of hydrogen-bond donors (Lipinski definition) is 1. The van der Waals surface area contributed by atoms with Crippen LogP contribution in [0, 0.1) is 0 Å². The number of ether oxygens (including phenoxy) is 2. The first-order valence-corrected chi connectivity index (χ1v) is 12.3. The highest BCUT2D eigenvalue weighted by atomic mass is 16.5. The summed E-state index contributed by atoms with van der Waals surface area (Å²) in [6, 6.07) is 13.0. The lowest BCUT2D eigenvalue weighted by molar-refractivity contribution is 0.243. The van der Waals surface area contributed by atoms with E-state index in [4.69, 9.17) is 9.47 Å². The molecule has 0 spiro atoms. The molecule has 0 bridgehead atoms. The fourth-order valence-electron chi connectivity index (χ4n) is 4.12. The quantitative estimate of drug-likeness (QED) is 0.300. The molecule has 0 amide bonds. The average molecular weight is 472 g/mol. The monoisotopic (exact) mass is 471 g/mol. The highest BCUT2D eigenvalue weighted by molar-refractivity contribution is 5.72. The fourth-order valence-corrected chi connectivity index (χ4v) is 4.12. The van der Waals surface area contributed by atoms with E-state index >= 15 is 0 Å². The molecule has 1 aliphatic carbocycles. The molecule has 1 aliphatic rings. The molecule has 182 valence electrons. The lowest BCUT2D eigenvalue weighted by Gasteiger charge is -2.16. The Kier molecular flexibility index (Phi) is 6.24. The standard InChI is InChI=1S/C28H33N5O2/c1-18(2)20-6-9-28(35-19(3)4)27(12-20)23-15-30-33(17-23)31-24-10-21(11-26(13-24)34-5)22-14-29-32(16-22)25-7-8-25/h6,9-19,25,31H,7-8H2,1-5H3. The van der Waals surface area contributed by atoms with Crippen LogP contribution in [-0.2, 0) is 0 Å². The van der Waals surface area contributed by atoms with Gasteiger partial charge in [-0.1, -0.05) is 19.9 Å². The summed E-state index contributed by atoms with van der Waals surface area (Å²) in [6.45, 7) is 8.48. The van der Waals surface area contributed by atoms with Crippen molar-refractivity contribution < 1.29 is 9.47 Å². The summed E-state index contributed by atoms with van der Waals surface area (Å²) < 4.78 is 13.7. The lowest BCUT2D eigenvalue weighted by Crippen LogP contribution is -2.09. The molecule has 1 saturated carbocycles. The molecule has 0 aliphatic heterocycles. The fraction of sp³-hybridized carbons (Fsp3) is 0.357. The lowest BCUT2D eigenvalue weighted by atomic mass is 9.98. The molecule has 5 rings (SSSR count). The number of methoxy groups -OCH3 is 1. The minimum atomic E-state index is 0.0892. The summed E-state index contributed by atoms with van der Waals surface area (Å²) in [5.41, 5.74) is 9.66. The number of hydrogen-bond acceptors (Lipinski definition) is 5. The third kappa shape index (κ3) is 5.19. The van der Waals surface area contributed by atoms with Crippen LogP contribution >= 0.6 is 0 Å². The Bertz CT molecular complexity index is 1320. The summed E-state index contributed by atoms with van der Waals surface area (Å²) in [4.78, 5) is 1.72. The van der Waals surface area contributed by atoms with Gasteiger partial charge in [0.05, 0.1) is 43.5 Å². The van der Waals surface area contributed by atoms with E-state index in [0.29, 0.717) is 12.0 Å². The van der Waals surface area contributed by atoms with E-state index in [2.05, 4.69) is 64.6 Å². The maximum Gasteiger partial charge on any atom is 0.127 e. The summed E-state index contributed by atoms with van der Waals surface area (Å²) >= 11 is 0. The summed E-state index contributed by atoms with van der Waals surface area (Å²) in [7, 11) is 1.68. The molecule has 2 heterocycles. The maximum atomic E-state index is 6.10. The number of benzene rings is 2. The van der Waals surface area contributed by atoms with Crippen molar-refractivity contribution in [1.82, 2.24) is 19.7 Å². The molecule has 2 aromatic heterocycles. The summed E-state index contributed by atoms with van der Waals surface area (Å²) in [5.74, 6) is 2.06. The third-order valence-electron chi connectivity index (χ3n) is 6.17. The van der Waals surface area contributed by atoms with Crippen LogP contribution in [0.4, 0.5) is 5.69 Å². The second-order valence-electron chi connectivity index (χ2n) is 9.75. The molecular weight excluding hydrogens is 438 g/mol. The van der Waals surface area contributed by atoms with Crippen molar-refractivity contribution in [3.05, 3.63) is 66.7 Å². The number of anilines is 1. The average Bonchev–Trinajstić information content (AvgIpc) is 3.38. The van der Waals surface area contributed by atoms with Crippen molar-refractivity contribution >= 4 is 5.69 Å². The zero-order valence-corrected chi connectivity index (χ0v) is 21.0. The van der Waals surface area contributed by atoms with Crippen LogP contribution in [-0.4, -0.2) is 32.9 Å². The predicted molar refractivity (Wildman–Crippen MR) is 139 cm³/mol. The molecule has 7 nitrogen and oxygen atoms in total. The largest absolute Gasteiger partial charge is 0.497 e. The van der Waals surface area contributed by atoms with Crippen LogP contribution in [0.15, 0.2) is 61.2 Å². The summed E-state index contributed by atoms with van der Waals surface area (Å²) in [6.07, 6.45) is 10.4. The van der Waals surface area contributed by atoms with Gasteiger partial charge in [0.25, 0.3) is 0 Å². The normalized spacial score (nSPS) is 13.5. The second-order valence-corrected chi connectivity index (χ2v) is 9.75. The molecule has 2 aromatic carbocycles. The third-order valence-corrected chi connectivity index (χ3v) is 6.17. The van der Waals surface area contributed by atoms with Gasteiger partial charge in [-0.05, 0) is 68.0 Å². The van der Waals surface area contributed by atoms with Gasteiger partial charge in [-0.3, -0.25) is 10.1 Å². The van der Waals surface area contributed by atoms with E-state index in [9.17, 15) is 0 Å². The zero-order valence-electron chi connectivity index (χ0n) is 21.0. The molecule has 1 fully saturated rings. The van der Waals surface area contributed by atoms with Crippen LogP contribution in [0.3, 0.4) is 0 Å². The number of rotatable bonds is 9. The van der Waals surface area contributed by atoms with Crippen molar-refractivity contribution in [2.24, 2.45) is 0 Å². The van der Waals surface area contributed by atoms with E-state index in [-0.39, 0.29) is 6.10 Å². The molecule has 35 heavy (non-hydrogen) atoms. The van der Waals surface area contributed by atoms with Gasteiger partial charge in [-0.15, -0.1) is 0 Å². The van der Waals surface area contributed by atoms with Crippen LogP contribution in [0.2, 0.25) is 0 Å². The van der Waals surface area contributed by atoms with Gasteiger partial charge in [0.1, 0.15) is 11.5 Å². The SMILES string of the molecule is COc1cc(Nn2cc(-c3cc(C(C)C)ccc3OC(C)C)cn2)cc(-c2cnn(C3CC3)c2)c1. The van der Waals surface area contributed by atoms with Gasteiger partial charge in [0.15, 0.2) is 0 Å². The molecule has 0 atom stereocenters. The highest BCUT2D eigenvalue weighted by Crippen LogP contribution is 2.37. The molecule has 1 N–H and O–H groups in total. The van der Waals surface area contributed by atoms with E-state index in [1.807, 2.05) is 44.6 Å². The van der Waals surface area contributed by atoms with Crippen molar-refractivity contribution in [3.63, 3.8) is 0 Å². The molecule has 0 unspecified atom stereocenters. The Balaban J connectivity index is 1.43. The second kappa shape index (κ2) is 9.49. The first-order chi connectivity index (χ1) is 16.9. The van der Waals surface area contributed by atoms with Gasteiger partial charge < -0.3 is 9.47 Å². The van der Waals surface area contributed by atoms with Crippen molar-refractivity contribution in [2.75, 3.05) is 12.5 Å². The van der Waals surface area contributed by atoms with Crippen LogP contribution < -0.4 is 14.9 Å². The van der Waals surface area contributed by atoms with Gasteiger partial charge in [-0.25, -0.2) is 0 Å². The van der Waals surface area contributed by atoms with Gasteiger partial charge in [0.2, 0.25) is 0 Å². The molecule has 4 aromatic rings. The van der Waals surface area contributed by atoms with Gasteiger partial charge in [0, 0.05) is 29.0 Å². The van der Waals surface area contributed by atoms with Gasteiger partial charge >= 0.3 is 0 Å². The molecule has 0 radical (unpaired) electrons. The molecular formula is C28H33N5O2. The Morgan fingerprint density at radius 3 is 2.43 bits per heavy atom. The van der Waals surface area contributed by atoms with E-state index in [1.54, 1.807) is 11.9 Å². The highest BCUT2D eigenvalue weighted by Gasteiger charge is 2.24. The van der Waals surface area contributed by atoms with Crippen LogP contribution in [0.5, 0.6) is 11.5 Å². The number of nitrogens with one attached hydrogen (secondary N) is 1. The smallest absolute Gasteiger partial charge is 0.127 e. The first kappa shape index (κ1) is 23.0. The van der Waals surface area contributed by atoms with E-state index in [1.165, 1.54) is 18.4 Å². The molecule has 0 saturated heterocycles. The van der Waals surface area contributed by atoms with Gasteiger partial charge in [-0.2, -0.15) is 15.0 Å². The minimum Gasteiger partial charge on any atom is -0.497 e. The van der Waals surface area contributed by atoms with Crippen molar-refractivity contribution in [3.8, 4) is 33.8 Å².